The number of urea groups is 1. The number of nitrogens with zero attached hydrogens (tertiary/aromatic N) is 3. The molecule has 2 aliphatic rings. The maximum Gasteiger partial charge on any atom is 0.317 e. The Morgan fingerprint density at radius 1 is 1.06 bits per heavy atom. The monoisotopic (exact) mass is 460 g/mol. The first-order valence-corrected chi connectivity index (χ1v) is 11.2. The minimum absolute atomic E-state index is 0.155. The number of pyridine rings is 2. The van der Waals surface area contributed by atoms with Crippen LogP contribution in [0.1, 0.15) is 44.9 Å². The maximum atomic E-state index is 13.7. The van der Waals surface area contributed by atoms with Crippen LogP contribution < -0.4 is 11.1 Å². The first-order valence-electron chi connectivity index (χ1n) is 11.2. The van der Waals surface area contributed by atoms with E-state index in [1.165, 1.54) is 57.2 Å². The molecule has 0 radical (unpaired) electrons. The molecule has 1 saturated heterocycles. The van der Waals surface area contributed by atoms with Gasteiger partial charge < -0.3 is 20.9 Å². The van der Waals surface area contributed by atoms with Gasteiger partial charge in [-0.25, -0.2) is 27.9 Å². The lowest BCUT2D eigenvalue weighted by atomic mass is 9.96. The van der Waals surface area contributed by atoms with Crippen molar-refractivity contribution in [1.82, 2.24) is 25.2 Å². The highest BCUT2D eigenvalue weighted by Gasteiger charge is 2.21. The Morgan fingerprint density at radius 3 is 2.52 bits per heavy atom. The molecule has 0 atom stereocenters. The van der Waals surface area contributed by atoms with Gasteiger partial charge in [-0.1, -0.05) is 19.3 Å². The Hall–Kier alpha value is -3.30. The number of nitrogen functional groups attached to an aromatic ring is 1. The predicted octanol–water partition coefficient (Wildman–Crippen LogP) is 4.75. The van der Waals surface area contributed by atoms with Gasteiger partial charge in [0, 0.05) is 42.3 Å². The number of H-pyrrole nitrogens is 1. The van der Waals surface area contributed by atoms with Crippen molar-refractivity contribution < 1.29 is 18.0 Å². The largest absolute Gasteiger partial charge is 0.381 e. The predicted molar refractivity (Wildman–Crippen MR) is 120 cm³/mol. The topological polar surface area (TPSA) is 99.9 Å². The molecule has 5 rings (SSSR count). The third-order valence-corrected chi connectivity index (χ3v) is 6.04. The summed E-state index contributed by atoms with van der Waals surface area (Å²) in [6.45, 7) is 1.91. The number of fused-ring (bicyclic) bond motifs is 1. The van der Waals surface area contributed by atoms with Crippen LogP contribution in [0.3, 0.4) is 0 Å². The first-order chi connectivity index (χ1) is 15.9. The molecule has 0 spiro atoms. The number of nitrogens with two attached hydrogens (primary N) is 1. The smallest absolute Gasteiger partial charge is 0.317 e. The van der Waals surface area contributed by atoms with Gasteiger partial charge in [0.1, 0.15) is 17.2 Å². The van der Waals surface area contributed by atoms with Crippen LogP contribution in [-0.2, 0) is 0 Å². The van der Waals surface area contributed by atoms with E-state index >= 15 is 0 Å². The molecular weight excluding hydrogens is 433 g/mol. The summed E-state index contributed by atoms with van der Waals surface area (Å²) < 4.78 is 40.0. The maximum absolute atomic E-state index is 13.7. The third-order valence-electron chi connectivity index (χ3n) is 6.04. The average molecular weight is 461 g/mol. The second kappa shape index (κ2) is 10.1. The zero-order chi connectivity index (χ0) is 23.4. The van der Waals surface area contributed by atoms with Crippen molar-refractivity contribution in [1.29, 1.82) is 0 Å². The minimum atomic E-state index is -0.939. The first kappa shape index (κ1) is 22.9. The van der Waals surface area contributed by atoms with Crippen LogP contribution in [0.25, 0.3) is 22.3 Å². The zero-order valence-electron chi connectivity index (χ0n) is 18.2. The highest BCUT2D eigenvalue weighted by molar-refractivity contribution is 5.92. The lowest BCUT2D eigenvalue weighted by molar-refractivity contribution is 0.200. The summed E-state index contributed by atoms with van der Waals surface area (Å²) in [5, 5.41) is 3.49. The molecule has 3 aromatic rings. The molecule has 176 valence electrons. The van der Waals surface area contributed by atoms with E-state index in [2.05, 4.69) is 20.3 Å². The number of rotatable bonds is 2. The SMILES string of the molecule is Nc1nc(-c2c[nH]c3ncc(F)cc23)c(F)cc1F.O=C(NC1CCCCC1)N1CCCC1. The van der Waals surface area contributed by atoms with Crippen molar-refractivity contribution in [2.75, 3.05) is 18.8 Å². The molecule has 0 bridgehead atoms. The summed E-state index contributed by atoms with van der Waals surface area (Å²) in [6.07, 6.45) is 11.1. The molecule has 1 aliphatic heterocycles. The molecule has 7 nitrogen and oxygen atoms in total. The molecule has 0 aromatic carbocycles. The van der Waals surface area contributed by atoms with Crippen LogP contribution in [-0.4, -0.2) is 45.0 Å². The molecule has 4 N–H and O–H groups in total. The summed E-state index contributed by atoms with van der Waals surface area (Å²) in [5.74, 6) is -2.80. The van der Waals surface area contributed by atoms with E-state index in [-0.39, 0.29) is 17.3 Å². The molecule has 3 aromatic heterocycles. The molecule has 2 amide bonds. The van der Waals surface area contributed by atoms with Crippen LogP contribution in [0.4, 0.5) is 23.8 Å². The summed E-state index contributed by atoms with van der Waals surface area (Å²) in [4.78, 5) is 23.9. The van der Waals surface area contributed by atoms with Crippen LogP contribution in [0.5, 0.6) is 0 Å². The number of nitrogens with one attached hydrogen (secondary N) is 2. The van der Waals surface area contributed by atoms with Gasteiger partial charge in [0.05, 0.1) is 6.20 Å². The van der Waals surface area contributed by atoms with E-state index in [9.17, 15) is 18.0 Å². The summed E-state index contributed by atoms with van der Waals surface area (Å²) in [5.41, 5.74) is 5.81. The van der Waals surface area contributed by atoms with E-state index < -0.39 is 23.3 Å². The molecule has 0 unspecified atom stereocenters. The normalized spacial score (nSPS) is 16.5. The summed E-state index contributed by atoms with van der Waals surface area (Å²) in [7, 11) is 0. The second-order valence-corrected chi connectivity index (χ2v) is 8.42. The number of hydrogen-bond donors (Lipinski definition) is 3. The summed E-state index contributed by atoms with van der Waals surface area (Å²) >= 11 is 0. The molecule has 4 heterocycles. The van der Waals surface area contributed by atoms with Gasteiger partial charge in [0.25, 0.3) is 0 Å². The van der Waals surface area contributed by atoms with E-state index in [1.54, 1.807) is 0 Å². The fourth-order valence-electron chi connectivity index (χ4n) is 4.28. The van der Waals surface area contributed by atoms with Gasteiger partial charge in [0.15, 0.2) is 17.5 Å². The number of halogens is 3. The molecular formula is C23H27F3N6O. The van der Waals surface area contributed by atoms with E-state index in [4.69, 9.17) is 5.73 Å². The van der Waals surface area contributed by atoms with Gasteiger partial charge in [-0.2, -0.15) is 0 Å². The Labute approximate surface area is 189 Å². The number of anilines is 1. The Kier molecular flexibility index (Phi) is 7.00. The Morgan fingerprint density at radius 2 is 1.79 bits per heavy atom. The van der Waals surface area contributed by atoms with Gasteiger partial charge in [-0.3, -0.25) is 0 Å². The zero-order valence-corrected chi connectivity index (χ0v) is 18.2. The average Bonchev–Trinajstić information content (AvgIpc) is 3.48. The number of aromatic amines is 1. The second-order valence-electron chi connectivity index (χ2n) is 8.42. The van der Waals surface area contributed by atoms with Crippen molar-refractivity contribution in [3.63, 3.8) is 0 Å². The Balaban J connectivity index is 0.000000165. The molecule has 10 heteroatoms. The number of aromatic nitrogens is 3. The number of carbonyl (C=O) groups is 1. The number of hydrogen-bond acceptors (Lipinski definition) is 4. The minimum Gasteiger partial charge on any atom is -0.381 e. The van der Waals surface area contributed by atoms with Crippen molar-refractivity contribution in [3.05, 3.63) is 42.0 Å². The molecule has 1 saturated carbocycles. The van der Waals surface area contributed by atoms with Gasteiger partial charge in [-0.05, 0) is 31.7 Å². The van der Waals surface area contributed by atoms with Crippen LogP contribution in [0.2, 0.25) is 0 Å². The van der Waals surface area contributed by atoms with Crippen LogP contribution >= 0.6 is 0 Å². The quantitative estimate of drug-likeness (QED) is 0.514. The fraction of sp³-hybridized carbons (Fsp3) is 0.435. The molecule has 1 aliphatic carbocycles. The van der Waals surface area contributed by atoms with Gasteiger partial charge >= 0.3 is 6.03 Å². The van der Waals surface area contributed by atoms with Crippen molar-refractivity contribution in [2.24, 2.45) is 0 Å². The van der Waals surface area contributed by atoms with Crippen molar-refractivity contribution in [3.8, 4) is 11.3 Å². The highest BCUT2D eigenvalue weighted by Crippen LogP contribution is 2.30. The highest BCUT2D eigenvalue weighted by atomic mass is 19.1. The van der Waals surface area contributed by atoms with Gasteiger partial charge in [0.2, 0.25) is 0 Å². The number of likely N-dealkylation sites (tertiary alicyclic amines) is 1. The lowest BCUT2D eigenvalue weighted by Gasteiger charge is -2.25. The molecule has 2 fully saturated rings. The van der Waals surface area contributed by atoms with Gasteiger partial charge in [-0.15, -0.1) is 0 Å². The number of carbonyl (C=O) groups excluding carboxylic acids is 1. The van der Waals surface area contributed by atoms with E-state index in [1.807, 2.05) is 4.90 Å². The van der Waals surface area contributed by atoms with Crippen LogP contribution in [0, 0.1) is 17.5 Å². The molecule has 33 heavy (non-hydrogen) atoms. The summed E-state index contributed by atoms with van der Waals surface area (Å²) in [6, 6.07) is 2.46. The van der Waals surface area contributed by atoms with Crippen molar-refractivity contribution >= 4 is 22.9 Å². The van der Waals surface area contributed by atoms with Crippen LogP contribution in [0.15, 0.2) is 24.5 Å². The lowest BCUT2D eigenvalue weighted by Crippen LogP contribution is -2.44. The van der Waals surface area contributed by atoms with Crippen molar-refractivity contribution in [2.45, 2.75) is 51.0 Å². The Bertz CT molecular complexity index is 1120. The van der Waals surface area contributed by atoms with E-state index in [0.29, 0.717) is 23.1 Å². The standard InChI is InChI=1S/C12H7F3N4.C11H20N2O/c13-5-1-6-7(4-18-12(6)17-3-5)10-8(14)2-9(15)11(16)19-10;14-11(13-8-4-5-9-13)12-10-6-2-1-3-7-10/h1-4H,(H2,16,19)(H,17,18);10H,1-9H2,(H,12,14). The third kappa shape index (κ3) is 5.37. The van der Waals surface area contributed by atoms with E-state index in [0.717, 1.165) is 19.3 Å². The number of amides is 2. The fourth-order valence-corrected chi connectivity index (χ4v) is 4.28.